The zero-order valence-electron chi connectivity index (χ0n) is 18.5. The van der Waals surface area contributed by atoms with E-state index in [9.17, 15) is 14.2 Å². The molecule has 0 saturated heterocycles. The molecule has 2 aromatic carbocycles. The predicted molar refractivity (Wildman–Crippen MR) is 121 cm³/mol. The van der Waals surface area contributed by atoms with Gasteiger partial charge in [-0.2, -0.15) is 0 Å². The van der Waals surface area contributed by atoms with Gasteiger partial charge in [-0.25, -0.2) is 0 Å². The van der Waals surface area contributed by atoms with Crippen LogP contribution in [0.15, 0.2) is 42.5 Å². The van der Waals surface area contributed by atoms with E-state index in [1.54, 1.807) is 38.1 Å². The van der Waals surface area contributed by atoms with Crippen molar-refractivity contribution in [2.24, 2.45) is 5.73 Å². The Kier molecular flexibility index (Phi) is 8.99. The van der Waals surface area contributed by atoms with Crippen molar-refractivity contribution in [2.45, 2.75) is 46.3 Å². The number of rotatable bonds is 11. The lowest BCUT2D eigenvalue weighted by atomic mass is 10.0. The summed E-state index contributed by atoms with van der Waals surface area (Å²) in [7, 11) is -3.22. The minimum absolute atomic E-state index is 0.118. The summed E-state index contributed by atoms with van der Waals surface area (Å²) < 4.78 is 23.3. The van der Waals surface area contributed by atoms with E-state index in [0.717, 1.165) is 22.3 Å². The molecule has 0 saturated carbocycles. The average molecular weight is 446 g/mol. The standard InChI is InChI=1S/C23H31N2O5P/c1-5-29-31(28,30-6-2)15-18-9-11-20(12-10-18)23(27)25-21(22(24)26)14-19-8-7-16(3)17(4)13-19/h7-13,21H,5-6,14-15H2,1-4H3,(H2,24,26)(H,25,27)/t21-/m1/s1. The minimum Gasteiger partial charge on any atom is -0.368 e. The summed E-state index contributed by atoms with van der Waals surface area (Å²) >= 11 is 0. The van der Waals surface area contributed by atoms with Crippen molar-refractivity contribution in [3.8, 4) is 0 Å². The molecular formula is C23H31N2O5P. The third-order valence-corrected chi connectivity index (χ3v) is 6.96. The normalized spacial score (nSPS) is 12.4. The Morgan fingerprint density at radius 3 is 2.06 bits per heavy atom. The van der Waals surface area contributed by atoms with Gasteiger partial charge < -0.3 is 20.1 Å². The second-order valence-electron chi connectivity index (χ2n) is 7.35. The van der Waals surface area contributed by atoms with E-state index >= 15 is 0 Å². The first-order valence-electron chi connectivity index (χ1n) is 10.3. The highest BCUT2D eigenvalue weighted by molar-refractivity contribution is 7.53. The highest BCUT2D eigenvalue weighted by atomic mass is 31.2. The molecule has 0 aromatic heterocycles. The zero-order chi connectivity index (χ0) is 23.0. The first-order valence-corrected chi connectivity index (χ1v) is 12.0. The predicted octanol–water partition coefficient (Wildman–Crippen LogP) is 3.90. The highest BCUT2D eigenvalue weighted by Crippen LogP contribution is 2.51. The summed E-state index contributed by atoms with van der Waals surface area (Å²) in [6.45, 7) is 8.09. The van der Waals surface area contributed by atoms with Gasteiger partial charge in [0.15, 0.2) is 0 Å². The van der Waals surface area contributed by atoms with Crippen LogP contribution in [0.2, 0.25) is 0 Å². The fourth-order valence-corrected chi connectivity index (χ4v) is 4.84. The maximum Gasteiger partial charge on any atom is 0.335 e. The second kappa shape index (κ2) is 11.2. The van der Waals surface area contributed by atoms with Gasteiger partial charge in [-0.1, -0.05) is 30.3 Å². The maximum absolute atomic E-state index is 12.7. The van der Waals surface area contributed by atoms with Crippen molar-refractivity contribution >= 4 is 19.4 Å². The Morgan fingerprint density at radius 1 is 0.968 bits per heavy atom. The van der Waals surface area contributed by atoms with Gasteiger partial charge in [0.1, 0.15) is 6.04 Å². The quantitative estimate of drug-likeness (QED) is 0.509. The summed E-state index contributed by atoms with van der Waals surface area (Å²) in [5.74, 6) is -1.01. The topological polar surface area (TPSA) is 108 Å². The summed E-state index contributed by atoms with van der Waals surface area (Å²) in [4.78, 5) is 24.6. The Labute approximate surface area is 183 Å². The molecule has 0 unspecified atom stereocenters. The summed E-state index contributed by atoms with van der Waals surface area (Å²) in [5.41, 5.74) is 9.80. The van der Waals surface area contributed by atoms with Gasteiger partial charge in [-0.05, 0) is 62.1 Å². The van der Waals surface area contributed by atoms with Crippen molar-refractivity contribution in [3.05, 3.63) is 70.3 Å². The van der Waals surface area contributed by atoms with Crippen LogP contribution in [-0.4, -0.2) is 31.1 Å². The van der Waals surface area contributed by atoms with Crippen LogP contribution in [0.5, 0.6) is 0 Å². The summed E-state index contributed by atoms with van der Waals surface area (Å²) in [6.07, 6.45) is 0.430. The summed E-state index contributed by atoms with van der Waals surface area (Å²) in [5, 5.41) is 2.71. The first-order chi connectivity index (χ1) is 14.7. The number of hydrogen-bond donors (Lipinski definition) is 2. The molecule has 8 heteroatoms. The van der Waals surface area contributed by atoms with Crippen LogP contribution in [0.1, 0.15) is 46.5 Å². The van der Waals surface area contributed by atoms with Crippen molar-refractivity contribution in [1.82, 2.24) is 5.32 Å². The molecule has 31 heavy (non-hydrogen) atoms. The van der Waals surface area contributed by atoms with E-state index in [4.69, 9.17) is 14.8 Å². The molecule has 0 bridgehead atoms. The van der Waals surface area contributed by atoms with Gasteiger partial charge in [0, 0.05) is 12.0 Å². The lowest BCUT2D eigenvalue weighted by Crippen LogP contribution is -2.45. The van der Waals surface area contributed by atoms with Crippen LogP contribution in [0.3, 0.4) is 0 Å². The van der Waals surface area contributed by atoms with Gasteiger partial charge in [0.25, 0.3) is 5.91 Å². The lowest BCUT2D eigenvalue weighted by Gasteiger charge is -2.18. The molecule has 2 aromatic rings. The maximum atomic E-state index is 12.7. The number of nitrogens with two attached hydrogens (primary N) is 1. The molecule has 0 radical (unpaired) electrons. The van der Waals surface area contributed by atoms with Crippen LogP contribution in [0.4, 0.5) is 0 Å². The largest absolute Gasteiger partial charge is 0.368 e. The lowest BCUT2D eigenvalue weighted by molar-refractivity contribution is -0.119. The molecular weight excluding hydrogens is 415 g/mol. The van der Waals surface area contributed by atoms with Crippen LogP contribution < -0.4 is 11.1 Å². The third-order valence-electron chi connectivity index (χ3n) is 4.90. The number of aryl methyl sites for hydroxylation is 2. The first kappa shape index (κ1) is 24.8. The van der Waals surface area contributed by atoms with E-state index in [-0.39, 0.29) is 19.4 Å². The number of hydrogen-bond acceptors (Lipinski definition) is 5. The van der Waals surface area contributed by atoms with E-state index in [1.165, 1.54) is 0 Å². The smallest absolute Gasteiger partial charge is 0.335 e. The monoisotopic (exact) mass is 446 g/mol. The van der Waals surface area contributed by atoms with E-state index in [0.29, 0.717) is 12.0 Å². The van der Waals surface area contributed by atoms with Crippen LogP contribution in [-0.2, 0) is 31.0 Å². The Balaban J connectivity index is 2.08. The van der Waals surface area contributed by atoms with Gasteiger partial charge in [0.2, 0.25) is 5.91 Å². The van der Waals surface area contributed by atoms with Crippen molar-refractivity contribution in [1.29, 1.82) is 0 Å². The number of primary amides is 1. The van der Waals surface area contributed by atoms with Crippen LogP contribution in [0, 0.1) is 13.8 Å². The van der Waals surface area contributed by atoms with Crippen molar-refractivity contribution < 1.29 is 23.2 Å². The molecule has 0 fully saturated rings. The van der Waals surface area contributed by atoms with Gasteiger partial charge in [-0.3, -0.25) is 14.2 Å². The average Bonchev–Trinajstić information content (AvgIpc) is 2.70. The molecule has 2 rings (SSSR count). The molecule has 0 aliphatic rings. The van der Waals surface area contributed by atoms with Gasteiger partial charge in [0.05, 0.1) is 19.4 Å². The van der Waals surface area contributed by atoms with Gasteiger partial charge >= 0.3 is 7.60 Å². The van der Waals surface area contributed by atoms with Crippen molar-refractivity contribution in [2.75, 3.05) is 13.2 Å². The molecule has 7 nitrogen and oxygen atoms in total. The van der Waals surface area contributed by atoms with E-state index in [1.807, 2.05) is 32.0 Å². The van der Waals surface area contributed by atoms with Crippen LogP contribution >= 0.6 is 7.60 Å². The number of carbonyl (C=O) groups is 2. The molecule has 0 spiro atoms. The number of amides is 2. The molecule has 0 heterocycles. The van der Waals surface area contributed by atoms with Crippen LogP contribution in [0.25, 0.3) is 0 Å². The third kappa shape index (κ3) is 7.31. The summed E-state index contributed by atoms with van der Waals surface area (Å²) in [6, 6.07) is 11.7. The number of nitrogens with one attached hydrogen (secondary N) is 1. The Morgan fingerprint density at radius 2 is 1.55 bits per heavy atom. The SMILES string of the molecule is CCOP(=O)(Cc1ccc(C(=O)N[C@H](Cc2ccc(C)c(C)c2)C(N)=O)cc1)OCC. The molecule has 3 N–H and O–H groups in total. The van der Waals surface area contributed by atoms with Crippen molar-refractivity contribution in [3.63, 3.8) is 0 Å². The van der Waals surface area contributed by atoms with E-state index < -0.39 is 25.5 Å². The zero-order valence-corrected chi connectivity index (χ0v) is 19.4. The fourth-order valence-electron chi connectivity index (χ4n) is 3.14. The van der Waals surface area contributed by atoms with Gasteiger partial charge in [-0.15, -0.1) is 0 Å². The minimum atomic E-state index is -3.22. The molecule has 2 amide bonds. The molecule has 0 aliphatic heterocycles. The number of carbonyl (C=O) groups excluding carboxylic acids is 2. The second-order valence-corrected chi connectivity index (χ2v) is 9.41. The molecule has 168 valence electrons. The molecule has 0 aliphatic carbocycles. The Bertz CT molecular complexity index is 949. The van der Waals surface area contributed by atoms with E-state index in [2.05, 4.69) is 5.32 Å². The number of benzene rings is 2. The molecule has 1 atom stereocenters. The fraction of sp³-hybridized carbons (Fsp3) is 0.391. The Hall–Kier alpha value is -2.47. The highest BCUT2D eigenvalue weighted by Gasteiger charge is 2.24.